The number of hydrogen-bond acceptors (Lipinski definition) is 4. The van der Waals surface area contributed by atoms with E-state index in [1.54, 1.807) is 0 Å². The van der Waals surface area contributed by atoms with Gasteiger partial charge >= 0.3 is 0 Å². The Hall–Kier alpha value is -1.62. The van der Waals surface area contributed by atoms with E-state index in [-0.39, 0.29) is 0 Å². The van der Waals surface area contributed by atoms with Crippen LogP contribution < -0.4 is 5.73 Å². The number of H-pyrrole nitrogens is 1. The summed E-state index contributed by atoms with van der Waals surface area (Å²) in [6.45, 7) is 2.87. The van der Waals surface area contributed by atoms with Gasteiger partial charge in [-0.25, -0.2) is 4.98 Å². The summed E-state index contributed by atoms with van der Waals surface area (Å²) in [4.78, 5) is 6.48. The molecule has 2 aromatic heterocycles. The zero-order chi connectivity index (χ0) is 11.7. The van der Waals surface area contributed by atoms with Crippen LogP contribution in [0.1, 0.15) is 11.4 Å². The molecule has 0 aliphatic carbocycles. The molecule has 3 N–H and O–H groups in total. The first-order valence-corrected chi connectivity index (χ1v) is 5.32. The molecule has 2 aromatic rings. The summed E-state index contributed by atoms with van der Waals surface area (Å²) in [5.74, 6) is 0. The van der Waals surface area contributed by atoms with E-state index in [9.17, 15) is 0 Å². The van der Waals surface area contributed by atoms with Crippen molar-refractivity contribution >= 4 is 16.7 Å². The molecule has 0 saturated carbocycles. The van der Waals surface area contributed by atoms with Gasteiger partial charge in [-0.05, 0) is 27.1 Å². The van der Waals surface area contributed by atoms with E-state index >= 15 is 0 Å². The Labute approximate surface area is 94.7 Å². The average Bonchev–Trinajstić information content (AvgIpc) is 2.58. The van der Waals surface area contributed by atoms with Crippen molar-refractivity contribution in [1.29, 1.82) is 0 Å². The molecule has 0 bridgehead atoms. The monoisotopic (exact) mass is 219 g/mol. The van der Waals surface area contributed by atoms with Crippen LogP contribution in [-0.4, -0.2) is 40.7 Å². The highest BCUT2D eigenvalue weighted by atomic mass is 15.2. The number of nitrogens with one attached hydrogen (secondary N) is 1. The van der Waals surface area contributed by atoms with E-state index in [1.807, 2.05) is 13.0 Å². The molecule has 0 spiro atoms. The Morgan fingerprint density at radius 1 is 1.44 bits per heavy atom. The van der Waals surface area contributed by atoms with Crippen LogP contribution in [0.5, 0.6) is 0 Å². The second-order valence-electron chi connectivity index (χ2n) is 4.29. The van der Waals surface area contributed by atoms with E-state index < -0.39 is 0 Å². The van der Waals surface area contributed by atoms with Crippen molar-refractivity contribution in [3.8, 4) is 0 Å². The minimum atomic E-state index is 0.722. The van der Waals surface area contributed by atoms with Crippen LogP contribution in [0.2, 0.25) is 0 Å². The minimum Gasteiger partial charge on any atom is -0.397 e. The van der Waals surface area contributed by atoms with Crippen LogP contribution >= 0.6 is 0 Å². The predicted octanol–water partition coefficient (Wildman–Crippen LogP) is 0.953. The van der Waals surface area contributed by atoms with Crippen LogP contribution in [0.4, 0.5) is 5.69 Å². The fraction of sp³-hybridized carbons (Fsp3) is 0.455. The average molecular weight is 219 g/mol. The van der Waals surface area contributed by atoms with Gasteiger partial charge in [0.25, 0.3) is 0 Å². The van der Waals surface area contributed by atoms with E-state index in [4.69, 9.17) is 5.73 Å². The first-order valence-electron chi connectivity index (χ1n) is 5.32. The van der Waals surface area contributed by atoms with Crippen molar-refractivity contribution in [2.24, 2.45) is 0 Å². The molecule has 0 saturated heterocycles. The van der Waals surface area contributed by atoms with Crippen molar-refractivity contribution in [3.63, 3.8) is 0 Å². The summed E-state index contributed by atoms with van der Waals surface area (Å²) in [5, 5.41) is 8.25. The molecule has 0 aliphatic heterocycles. The molecule has 0 radical (unpaired) electrons. The molecule has 0 aromatic carbocycles. The maximum absolute atomic E-state index is 5.86. The number of likely N-dealkylation sites (N-methyl/N-ethyl adjacent to an activating group) is 1. The van der Waals surface area contributed by atoms with Crippen LogP contribution in [0, 0.1) is 6.92 Å². The minimum absolute atomic E-state index is 0.722. The third-order valence-electron chi connectivity index (χ3n) is 2.66. The molecule has 5 nitrogen and oxygen atoms in total. The third kappa shape index (κ3) is 1.99. The van der Waals surface area contributed by atoms with Crippen LogP contribution in [0.15, 0.2) is 6.07 Å². The normalized spacial score (nSPS) is 11.5. The smallest absolute Gasteiger partial charge is 0.181 e. The zero-order valence-electron chi connectivity index (χ0n) is 9.91. The van der Waals surface area contributed by atoms with Crippen LogP contribution in [-0.2, 0) is 6.42 Å². The molecule has 0 fully saturated rings. The van der Waals surface area contributed by atoms with Gasteiger partial charge in [-0.1, -0.05) is 0 Å². The number of nitrogen functional groups attached to an aromatic ring is 1. The molecule has 0 unspecified atom stereocenters. The summed E-state index contributed by atoms with van der Waals surface area (Å²) in [5.41, 5.74) is 9.26. The zero-order valence-corrected chi connectivity index (χ0v) is 9.91. The topological polar surface area (TPSA) is 70.8 Å². The van der Waals surface area contributed by atoms with Gasteiger partial charge in [-0.2, -0.15) is 5.10 Å². The Morgan fingerprint density at radius 3 is 2.88 bits per heavy atom. The van der Waals surface area contributed by atoms with Crippen molar-refractivity contribution in [3.05, 3.63) is 17.5 Å². The van der Waals surface area contributed by atoms with Gasteiger partial charge in [0, 0.05) is 24.0 Å². The van der Waals surface area contributed by atoms with Gasteiger partial charge in [0.15, 0.2) is 5.65 Å². The second kappa shape index (κ2) is 4.09. The number of aryl methyl sites for hydroxylation is 1. The summed E-state index contributed by atoms with van der Waals surface area (Å²) >= 11 is 0. The first kappa shape index (κ1) is 10.9. The maximum atomic E-state index is 5.86. The number of aromatic amines is 1. The van der Waals surface area contributed by atoms with Gasteiger partial charge in [-0.15, -0.1) is 0 Å². The van der Waals surface area contributed by atoms with E-state index in [1.165, 1.54) is 0 Å². The Balaban J connectivity index is 2.36. The Kier molecular flexibility index (Phi) is 2.78. The summed E-state index contributed by atoms with van der Waals surface area (Å²) in [6.07, 6.45) is 0.924. The maximum Gasteiger partial charge on any atom is 0.181 e. The predicted molar refractivity (Wildman–Crippen MR) is 65.3 cm³/mol. The molecule has 16 heavy (non-hydrogen) atoms. The van der Waals surface area contributed by atoms with Gasteiger partial charge in [0.2, 0.25) is 0 Å². The van der Waals surface area contributed by atoms with E-state index in [2.05, 4.69) is 34.2 Å². The lowest BCUT2D eigenvalue weighted by Crippen LogP contribution is -2.15. The van der Waals surface area contributed by atoms with Gasteiger partial charge in [-0.3, -0.25) is 5.10 Å². The number of rotatable bonds is 3. The summed E-state index contributed by atoms with van der Waals surface area (Å²) < 4.78 is 0. The van der Waals surface area contributed by atoms with Gasteiger partial charge in [0.05, 0.1) is 11.4 Å². The molecule has 5 heteroatoms. The lowest BCUT2D eigenvalue weighted by molar-refractivity contribution is 0.412. The Morgan fingerprint density at radius 2 is 2.19 bits per heavy atom. The molecule has 0 aliphatic rings. The number of nitrogens with two attached hydrogens (primary N) is 1. The SMILES string of the molecule is Cc1nc2n[nH]c(CCN(C)C)c2cc1N. The first-order chi connectivity index (χ1) is 7.58. The van der Waals surface area contributed by atoms with Gasteiger partial charge in [0.1, 0.15) is 0 Å². The standard InChI is InChI=1S/C11H17N5/c1-7-9(12)6-8-10(4-5-16(2)3)14-15-11(8)13-7/h6H,4-5,12H2,1-3H3,(H,13,14,15). The van der Waals surface area contributed by atoms with Crippen molar-refractivity contribution in [1.82, 2.24) is 20.1 Å². The highest BCUT2D eigenvalue weighted by Gasteiger charge is 2.08. The van der Waals surface area contributed by atoms with Crippen molar-refractivity contribution < 1.29 is 0 Å². The third-order valence-corrected chi connectivity index (χ3v) is 2.66. The lowest BCUT2D eigenvalue weighted by atomic mass is 10.2. The summed E-state index contributed by atoms with van der Waals surface area (Å²) in [7, 11) is 4.10. The number of fused-ring (bicyclic) bond motifs is 1. The van der Waals surface area contributed by atoms with E-state index in [0.29, 0.717) is 0 Å². The molecular formula is C11H17N5. The molecular weight excluding hydrogens is 202 g/mol. The quantitative estimate of drug-likeness (QED) is 0.806. The summed E-state index contributed by atoms with van der Waals surface area (Å²) in [6, 6.07) is 1.95. The molecule has 2 heterocycles. The molecule has 0 atom stereocenters. The number of aromatic nitrogens is 3. The van der Waals surface area contributed by atoms with Crippen molar-refractivity contribution in [2.45, 2.75) is 13.3 Å². The lowest BCUT2D eigenvalue weighted by Gasteiger charge is -2.07. The Bertz CT molecular complexity index is 500. The number of hydrogen-bond donors (Lipinski definition) is 2. The highest BCUT2D eigenvalue weighted by Crippen LogP contribution is 2.19. The largest absolute Gasteiger partial charge is 0.397 e. The fourth-order valence-corrected chi connectivity index (χ4v) is 1.62. The van der Waals surface area contributed by atoms with Crippen molar-refractivity contribution in [2.75, 3.05) is 26.4 Å². The number of nitrogens with zero attached hydrogens (tertiary/aromatic N) is 3. The van der Waals surface area contributed by atoms with Gasteiger partial charge < -0.3 is 10.6 Å². The molecule has 2 rings (SSSR count). The fourth-order valence-electron chi connectivity index (χ4n) is 1.62. The number of anilines is 1. The molecule has 86 valence electrons. The molecule has 0 amide bonds. The van der Waals surface area contributed by atoms with E-state index in [0.717, 1.165) is 41.1 Å². The number of pyridine rings is 1. The van der Waals surface area contributed by atoms with Crippen LogP contribution in [0.25, 0.3) is 11.0 Å². The van der Waals surface area contributed by atoms with Crippen LogP contribution in [0.3, 0.4) is 0 Å². The highest BCUT2D eigenvalue weighted by molar-refractivity contribution is 5.81. The second-order valence-corrected chi connectivity index (χ2v) is 4.29.